The molecule has 1 amide bonds. The van der Waals surface area contributed by atoms with Crippen LogP contribution >= 0.6 is 0 Å². The number of amides is 1. The van der Waals surface area contributed by atoms with Crippen molar-refractivity contribution in [2.24, 2.45) is 0 Å². The zero-order valence-corrected chi connectivity index (χ0v) is 16.7. The van der Waals surface area contributed by atoms with Crippen molar-refractivity contribution in [3.05, 3.63) is 41.7 Å². The van der Waals surface area contributed by atoms with Gasteiger partial charge in [0, 0.05) is 43.6 Å². The first-order valence-electron chi connectivity index (χ1n) is 10.6. The van der Waals surface area contributed by atoms with Gasteiger partial charge < -0.3 is 4.90 Å². The number of aryl methyl sites for hydroxylation is 1. The van der Waals surface area contributed by atoms with Crippen LogP contribution in [0.4, 0.5) is 0 Å². The molecule has 4 rings (SSSR count). The molecule has 1 atom stereocenters. The molecule has 1 N–H and O–H groups in total. The van der Waals surface area contributed by atoms with Gasteiger partial charge in [0.15, 0.2) is 5.82 Å². The number of carbonyl (C=O) groups is 1. The van der Waals surface area contributed by atoms with E-state index in [2.05, 4.69) is 25.1 Å². The van der Waals surface area contributed by atoms with Crippen molar-refractivity contribution >= 4 is 5.91 Å². The predicted molar refractivity (Wildman–Crippen MR) is 107 cm³/mol. The number of aromatic nitrogens is 4. The highest BCUT2D eigenvalue weighted by Gasteiger charge is 2.35. The highest BCUT2D eigenvalue weighted by molar-refractivity contribution is 5.94. The maximum absolute atomic E-state index is 13.3. The Morgan fingerprint density at radius 2 is 1.82 bits per heavy atom. The Bertz CT molecular complexity index is 768. The lowest BCUT2D eigenvalue weighted by molar-refractivity contribution is 0.0648. The summed E-state index contributed by atoms with van der Waals surface area (Å²) >= 11 is 0. The molecule has 3 heterocycles. The van der Waals surface area contributed by atoms with Gasteiger partial charge in [-0.25, -0.2) is 4.98 Å². The first kappa shape index (κ1) is 19.1. The number of aromatic amines is 1. The van der Waals surface area contributed by atoms with Crippen molar-refractivity contribution in [1.82, 2.24) is 30.0 Å². The summed E-state index contributed by atoms with van der Waals surface area (Å²) in [5.74, 6) is 1.55. The fraction of sp³-hybridized carbons (Fsp3) is 0.619. The molecule has 7 heteroatoms. The summed E-state index contributed by atoms with van der Waals surface area (Å²) in [6.07, 6.45) is 12.2. The van der Waals surface area contributed by atoms with E-state index < -0.39 is 0 Å². The minimum absolute atomic E-state index is 0.0394. The van der Waals surface area contributed by atoms with E-state index in [9.17, 15) is 4.79 Å². The summed E-state index contributed by atoms with van der Waals surface area (Å²) in [4.78, 5) is 26.5. The molecule has 7 nitrogen and oxygen atoms in total. The van der Waals surface area contributed by atoms with Gasteiger partial charge in [-0.3, -0.25) is 19.8 Å². The zero-order valence-electron chi connectivity index (χ0n) is 16.7. The monoisotopic (exact) mass is 382 g/mol. The number of pyridine rings is 1. The lowest BCUT2D eigenvalue weighted by Gasteiger charge is -2.33. The smallest absolute Gasteiger partial charge is 0.254 e. The van der Waals surface area contributed by atoms with Crippen LogP contribution in [0.2, 0.25) is 0 Å². The first-order valence-corrected chi connectivity index (χ1v) is 10.6. The minimum atomic E-state index is -0.128. The van der Waals surface area contributed by atoms with Gasteiger partial charge in [-0.2, -0.15) is 5.10 Å². The van der Waals surface area contributed by atoms with Crippen molar-refractivity contribution in [2.45, 2.75) is 64.0 Å². The SMILES string of the molecule is Cc1nc(C2CN(C3CCCCCC3)CCCN2C(=O)c2ccncc2)n[nH]1. The number of hydrogen-bond acceptors (Lipinski definition) is 5. The highest BCUT2D eigenvalue weighted by atomic mass is 16.2. The third kappa shape index (κ3) is 4.24. The Kier molecular flexibility index (Phi) is 6.00. The second-order valence-electron chi connectivity index (χ2n) is 8.02. The summed E-state index contributed by atoms with van der Waals surface area (Å²) in [6.45, 7) is 4.47. The molecule has 28 heavy (non-hydrogen) atoms. The van der Waals surface area contributed by atoms with Crippen LogP contribution in [0.1, 0.15) is 73.0 Å². The van der Waals surface area contributed by atoms with Crippen molar-refractivity contribution in [1.29, 1.82) is 0 Å². The summed E-state index contributed by atoms with van der Waals surface area (Å²) in [5.41, 5.74) is 0.676. The second kappa shape index (κ2) is 8.82. The van der Waals surface area contributed by atoms with Crippen LogP contribution in [0.5, 0.6) is 0 Å². The number of nitrogens with zero attached hydrogens (tertiary/aromatic N) is 5. The van der Waals surface area contributed by atoms with Crippen molar-refractivity contribution < 1.29 is 4.79 Å². The third-order valence-electron chi connectivity index (χ3n) is 6.07. The van der Waals surface area contributed by atoms with Gasteiger partial charge in [-0.1, -0.05) is 25.7 Å². The average Bonchev–Trinajstić information content (AvgIpc) is 2.93. The highest BCUT2D eigenvalue weighted by Crippen LogP contribution is 2.29. The maximum atomic E-state index is 13.3. The lowest BCUT2D eigenvalue weighted by atomic mass is 10.1. The van der Waals surface area contributed by atoms with E-state index in [0.29, 0.717) is 11.6 Å². The fourth-order valence-electron chi connectivity index (χ4n) is 4.60. The van der Waals surface area contributed by atoms with Gasteiger partial charge in [0.1, 0.15) is 11.9 Å². The Labute approximate surface area is 166 Å². The van der Waals surface area contributed by atoms with Crippen LogP contribution in [0.3, 0.4) is 0 Å². The van der Waals surface area contributed by atoms with Crippen molar-refractivity contribution in [3.8, 4) is 0 Å². The molecule has 1 aliphatic heterocycles. The summed E-state index contributed by atoms with van der Waals surface area (Å²) in [5, 5.41) is 7.40. The van der Waals surface area contributed by atoms with E-state index in [0.717, 1.165) is 37.7 Å². The molecule has 1 aliphatic carbocycles. The van der Waals surface area contributed by atoms with E-state index >= 15 is 0 Å². The van der Waals surface area contributed by atoms with E-state index in [-0.39, 0.29) is 11.9 Å². The molecular formula is C21H30N6O. The van der Waals surface area contributed by atoms with Crippen molar-refractivity contribution in [3.63, 3.8) is 0 Å². The Morgan fingerprint density at radius 1 is 1.07 bits per heavy atom. The molecule has 2 aliphatic rings. The van der Waals surface area contributed by atoms with Gasteiger partial charge in [-0.05, 0) is 38.3 Å². The number of carbonyl (C=O) groups excluding carboxylic acids is 1. The largest absolute Gasteiger partial charge is 0.327 e. The molecule has 0 spiro atoms. The maximum Gasteiger partial charge on any atom is 0.254 e. The normalized spacial score (nSPS) is 22.6. The molecule has 0 bridgehead atoms. The molecule has 0 radical (unpaired) electrons. The Morgan fingerprint density at radius 3 is 2.50 bits per heavy atom. The lowest BCUT2D eigenvalue weighted by Crippen LogP contribution is -2.42. The molecule has 1 saturated carbocycles. The standard InChI is InChI=1S/C21H30N6O/c1-16-23-20(25-24-16)19-15-26(18-7-4-2-3-5-8-18)13-6-14-27(19)21(28)17-9-11-22-12-10-17/h9-12,18-19H,2-8,13-15H2,1H3,(H,23,24,25). The summed E-state index contributed by atoms with van der Waals surface area (Å²) in [7, 11) is 0. The molecule has 1 saturated heterocycles. The predicted octanol–water partition coefficient (Wildman–Crippen LogP) is 3.12. The van der Waals surface area contributed by atoms with Crippen LogP contribution in [-0.4, -0.2) is 61.5 Å². The Balaban J connectivity index is 1.61. The van der Waals surface area contributed by atoms with Crippen LogP contribution in [-0.2, 0) is 0 Å². The molecule has 2 aromatic rings. The van der Waals surface area contributed by atoms with E-state index in [1.807, 2.05) is 11.8 Å². The molecule has 150 valence electrons. The number of H-pyrrole nitrogens is 1. The van der Waals surface area contributed by atoms with Crippen LogP contribution < -0.4 is 0 Å². The quantitative estimate of drug-likeness (QED) is 0.825. The van der Waals surface area contributed by atoms with E-state index in [1.165, 1.54) is 38.5 Å². The number of hydrogen-bond donors (Lipinski definition) is 1. The molecular weight excluding hydrogens is 352 g/mol. The average molecular weight is 383 g/mol. The number of rotatable bonds is 3. The molecule has 1 unspecified atom stereocenters. The van der Waals surface area contributed by atoms with Crippen LogP contribution in [0.15, 0.2) is 24.5 Å². The molecule has 2 aromatic heterocycles. The van der Waals surface area contributed by atoms with Crippen molar-refractivity contribution in [2.75, 3.05) is 19.6 Å². The fourth-order valence-corrected chi connectivity index (χ4v) is 4.60. The third-order valence-corrected chi connectivity index (χ3v) is 6.07. The van der Waals surface area contributed by atoms with Crippen LogP contribution in [0.25, 0.3) is 0 Å². The van der Waals surface area contributed by atoms with Gasteiger partial charge in [-0.15, -0.1) is 0 Å². The summed E-state index contributed by atoms with van der Waals surface area (Å²) < 4.78 is 0. The van der Waals surface area contributed by atoms with Gasteiger partial charge in [0.2, 0.25) is 0 Å². The van der Waals surface area contributed by atoms with Gasteiger partial charge in [0.05, 0.1) is 0 Å². The van der Waals surface area contributed by atoms with E-state index in [1.54, 1.807) is 24.5 Å². The minimum Gasteiger partial charge on any atom is -0.327 e. The topological polar surface area (TPSA) is 78.0 Å². The Hall–Kier alpha value is -2.28. The van der Waals surface area contributed by atoms with Crippen LogP contribution in [0, 0.1) is 6.92 Å². The first-order chi connectivity index (χ1) is 13.7. The zero-order chi connectivity index (χ0) is 19.3. The van der Waals surface area contributed by atoms with Gasteiger partial charge in [0.25, 0.3) is 5.91 Å². The van der Waals surface area contributed by atoms with E-state index in [4.69, 9.17) is 0 Å². The second-order valence-corrected chi connectivity index (χ2v) is 8.02. The number of nitrogens with one attached hydrogen (secondary N) is 1. The molecule has 0 aromatic carbocycles. The summed E-state index contributed by atoms with van der Waals surface area (Å²) in [6, 6.07) is 4.06. The van der Waals surface area contributed by atoms with Gasteiger partial charge >= 0.3 is 0 Å². The molecule has 2 fully saturated rings.